The summed E-state index contributed by atoms with van der Waals surface area (Å²) in [6, 6.07) is 12.2. The van der Waals surface area contributed by atoms with Crippen LogP contribution in [0.2, 0.25) is 0 Å². The van der Waals surface area contributed by atoms with Crippen molar-refractivity contribution in [3.8, 4) is 11.5 Å². The molecule has 1 fully saturated rings. The van der Waals surface area contributed by atoms with Crippen LogP contribution in [0.4, 0.5) is 5.69 Å². The van der Waals surface area contributed by atoms with Crippen LogP contribution in [0.25, 0.3) is 0 Å². The number of Topliss-reactive ketones (excluding diaryl/α,β-unsaturated/α-hetero) is 1. The Morgan fingerprint density at radius 1 is 1.03 bits per heavy atom. The third-order valence-corrected chi connectivity index (χ3v) is 5.76. The topological polar surface area (TPSA) is 84.9 Å². The highest BCUT2D eigenvalue weighted by atomic mass is 16.5. The highest BCUT2D eigenvalue weighted by Gasteiger charge is 2.26. The Bertz CT molecular complexity index is 966. The van der Waals surface area contributed by atoms with E-state index in [2.05, 4.69) is 5.32 Å². The average Bonchev–Trinajstić information content (AvgIpc) is 2.82. The fraction of sp³-hybridized carbons (Fsp3) is 0.400. The van der Waals surface area contributed by atoms with Crippen LogP contribution in [0.5, 0.6) is 11.5 Å². The Balaban J connectivity index is 1.57. The predicted octanol–water partition coefficient (Wildman–Crippen LogP) is 4.18. The van der Waals surface area contributed by atoms with Crippen LogP contribution in [-0.4, -0.2) is 49.8 Å². The first kappa shape index (κ1) is 23.3. The van der Waals surface area contributed by atoms with E-state index in [1.54, 1.807) is 61.6 Å². The van der Waals surface area contributed by atoms with E-state index in [9.17, 15) is 14.4 Å². The van der Waals surface area contributed by atoms with Crippen molar-refractivity contribution in [1.82, 2.24) is 4.90 Å². The molecule has 1 saturated heterocycles. The molecule has 32 heavy (non-hydrogen) atoms. The number of hydrogen-bond donors (Lipinski definition) is 1. The number of carbonyl (C=O) groups is 3. The zero-order chi connectivity index (χ0) is 23.1. The van der Waals surface area contributed by atoms with Crippen LogP contribution in [0.15, 0.2) is 42.5 Å². The summed E-state index contributed by atoms with van der Waals surface area (Å²) in [6.45, 7) is 2.73. The van der Waals surface area contributed by atoms with Crippen molar-refractivity contribution in [1.29, 1.82) is 0 Å². The molecule has 1 atom stereocenters. The maximum atomic E-state index is 13.0. The third-order valence-electron chi connectivity index (χ3n) is 5.76. The summed E-state index contributed by atoms with van der Waals surface area (Å²) in [6.07, 6.45) is 2.90. The molecule has 7 heteroatoms. The molecular weight excluding hydrogens is 408 g/mol. The van der Waals surface area contributed by atoms with Gasteiger partial charge in [-0.05, 0) is 38.2 Å². The maximum absolute atomic E-state index is 13.0. The normalized spacial score (nSPS) is 15.7. The van der Waals surface area contributed by atoms with Crippen molar-refractivity contribution in [2.75, 3.05) is 32.6 Å². The number of likely N-dealkylation sites (tertiary alicyclic amines) is 1. The number of carbonyl (C=O) groups excluding carboxylic acids is 3. The molecule has 7 nitrogen and oxygen atoms in total. The summed E-state index contributed by atoms with van der Waals surface area (Å²) in [4.78, 5) is 39.2. The number of amides is 2. The second-order valence-corrected chi connectivity index (χ2v) is 8.05. The molecular formula is C25H30N2O5. The van der Waals surface area contributed by atoms with Gasteiger partial charge in [-0.15, -0.1) is 0 Å². The number of ether oxygens (including phenoxy) is 2. The second-order valence-electron chi connectivity index (χ2n) is 8.05. The van der Waals surface area contributed by atoms with Gasteiger partial charge >= 0.3 is 0 Å². The molecule has 1 aliphatic heterocycles. The number of piperidine rings is 1. The van der Waals surface area contributed by atoms with Crippen LogP contribution in [0.3, 0.4) is 0 Å². The summed E-state index contributed by atoms with van der Waals surface area (Å²) in [7, 11) is 3.12. The van der Waals surface area contributed by atoms with Crippen molar-refractivity contribution >= 4 is 23.3 Å². The zero-order valence-electron chi connectivity index (χ0n) is 18.8. The number of hydrogen-bond acceptors (Lipinski definition) is 5. The molecule has 0 bridgehead atoms. The molecule has 0 unspecified atom stereocenters. The molecule has 1 heterocycles. The molecule has 1 aliphatic rings. The Morgan fingerprint density at radius 3 is 2.31 bits per heavy atom. The van der Waals surface area contributed by atoms with Gasteiger partial charge in [-0.25, -0.2) is 0 Å². The minimum atomic E-state index is -0.117. The number of rotatable bonds is 8. The largest absolute Gasteiger partial charge is 0.497 e. The molecule has 0 aliphatic carbocycles. The fourth-order valence-electron chi connectivity index (χ4n) is 4.07. The number of nitrogens with one attached hydrogen (secondary N) is 1. The van der Waals surface area contributed by atoms with E-state index in [4.69, 9.17) is 9.47 Å². The molecule has 0 spiro atoms. The molecule has 2 aromatic rings. The summed E-state index contributed by atoms with van der Waals surface area (Å²) < 4.78 is 10.5. The lowest BCUT2D eigenvalue weighted by Crippen LogP contribution is -2.40. The predicted molar refractivity (Wildman–Crippen MR) is 122 cm³/mol. The number of methoxy groups -OCH3 is 2. The number of nitrogens with zero attached hydrogens (tertiary/aromatic N) is 1. The van der Waals surface area contributed by atoms with Crippen LogP contribution in [-0.2, 0) is 4.79 Å². The molecule has 1 N–H and O–H groups in total. The van der Waals surface area contributed by atoms with Gasteiger partial charge in [-0.3, -0.25) is 14.4 Å². The van der Waals surface area contributed by atoms with Crippen molar-refractivity contribution in [2.45, 2.75) is 32.6 Å². The first-order chi connectivity index (χ1) is 15.4. The Labute approximate surface area is 188 Å². The van der Waals surface area contributed by atoms with E-state index in [-0.39, 0.29) is 23.5 Å². The Kier molecular flexibility index (Phi) is 7.87. The Hall–Kier alpha value is -3.35. The molecule has 2 aromatic carbocycles. The molecule has 170 valence electrons. The monoisotopic (exact) mass is 438 g/mol. The number of benzene rings is 2. The van der Waals surface area contributed by atoms with Crippen LogP contribution >= 0.6 is 0 Å². The lowest BCUT2D eigenvalue weighted by molar-refractivity contribution is -0.116. The maximum Gasteiger partial charge on any atom is 0.254 e. The van der Waals surface area contributed by atoms with Crippen LogP contribution in [0.1, 0.15) is 53.3 Å². The van der Waals surface area contributed by atoms with Gasteiger partial charge in [-0.2, -0.15) is 0 Å². The first-order valence-electron chi connectivity index (χ1n) is 10.8. The van der Waals surface area contributed by atoms with Crippen molar-refractivity contribution in [3.63, 3.8) is 0 Å². The number of anilines is 1. The van der Waals surface area contributed by atoms with Crippen LogP contribution < -0.4 is 14.8 Å². The minimum absolute atomic E-state index is 0.0920. The molecule has 0 radical (unpaired) electrons. The second kappa shape index (κ2) is 10.8. The summed E-state index contributed by atoms with van der Waals surface area (Å²) in [5, 5.41) is 2.89. The van der Waals surface area contributed by atoms with E-state index >= 15 is 0 Å². The smallest absolute Gasteiger partial charge is 0.254 e. The summed E-state index contributed by atoms with van der Waals surface area (Å²) in [5.41, 5.74) is 1.52. The van der Waals surface area contributed by atoms with Gasteiger partial charge in [0.1, 0.15) is 11.5 Å². The van der Waals surface area contributed by atoms with Crippen LogP contribution in [0, 0.1) is 5.92 Å². The van der Waals surface area contributed by atoms with E-state index in [1.807, 2.05) is 0 Å². The van der Waals surface area contributed by atoms with Gasteiger partial charge in [0.25, 0.3) is 5.91 Å². The van der Waals surface area contributed by atoms with Crippen molar-refractivity contribution < 1.29 is 23.9 Å². The van der Waals surface area contributed by atoms with E-state index < -0.39 is 0 Å². The van der Waals surface area contributed by atoms with Gasteiger partial charge in [0, 0.05) is 49.0 Å². The van der Waals surface area contributed by atoms with Gasteiger partial charge in [0.05, 0.1) is 19.8 Å². The lowest BCUT2D eigenvalue weighted by atomic mass is 9.92. The van der Waals surface area contributed by atoms with Gasteiger partial charge in [-0.1, -0.05) is 18.2 Å². The standard InChI is InChI=1S/C25H30N2O5/c1-17(28)22-8-4-5-9-23(22)25(30)27-12-6-7-18(16-27)10-11-24(29)26-19-13-20(31-2)15-21(14-19)32-3/h4-5,8-9,13-15,18H,6-7,10-12,16H2,1-3H3,(H,26,29)/t18-/m0/s1. The Morgan fingerprint density at radius 2 is 1.69 bits per heavy atom. The quantitative estimate of drug-likeness (QED) is 0.625. The zero-order valence-corrected chi connectivity index (χ0v) is 18.8. The van der Waals surface area contributed by atoms with E-state index in [0.29, 0.717) is 54.2 Å². The van der Waals surface area contributed by atoms with Gasteiger partial charge in [0.2, 0.25) is 5.91 Å². The molecule has 0 aromatic heterocycles. The molecule has 0 saturated carbocycles. The summed E-state index contributed by atoms with van der Waals surface area (Å²) in [5.74, 6) is 1.12. The highest BCUT2D eigenvalue weighted by Crippen LogP contribution is 2.27. The van der Waals surface area contributed by atoms with Gasteiger partial charge < -0.3 is 19.7 Å². The summed E-state index contributed by atoms with van der Waals surface area (Å²) >= 11 is 0. The van der Waals surface area contributed by atoms with E-state index in [1.165, 1.54) is 6.92 Å². The minimum Gasteiger partial charge on any atom is -0.497 e. The van der Waals surface area contributed by atoms with Crippen molar-refractivity contribution in [2.24, 2.45) is 5.92 Å². The molecule has 2 amide bonds. The van der Waals surface area contributed by atoms with E-state index in [0.717, 1.165) is 12.8 Å². The SMILES string of the molecule is COc1cc(NC(=O)CC[C@@H]2CCCN(C(=O)c3ccccc3C(C)=O)C2)cc(OC)c1. The molecule has 3 rings (SSSR count). The highest BCUT2D eigenvalue weighted by molar-refractivity contribution is 6.07. The average molecular weight is 439 g/mol. The van der Waals surface area contributed by atoms with Gasteiger partial charge in [0.15, 0.2) is 5.78 Å². The first-order valence-corrected chi connectivity index (χ1v) is 10.8. The number of ketones is 1. The fourth-order valence-corrected chi connectivity index (χ4v) is 4.07. The van der Waals surface area contributed by atoms with Crippen molar-refractivity contribution in [3.05, 3.63) is 53.6 Å². The lowest BCUT2D eigenvalue weighted by Gasteiger charge is -2.33. The third kappa shape index (κ3) is 5.87.